The van der Waals surface area contributed by atoms with E-state index in [4.69, 9.17) is 27.9 Å². The Morgan fingerprint density at radius 2 is 1.63 bits per heavy atom. The molecule has 0 aromatic heterocycles. The summed E-state index contributed by atoms with van der Waals surface area (Å²) >= 11 is 13.0. The summed E-state index contributed by atoms with van der Waals surface area (Å²) in [5, 5.41) is 6.39. The Balaban J connectivity index is 1.53. The van der Waals surface area contributed by atoms with Gasteiger partial charge in [0.05, 0.1) is 19.3 Å². The smallest absolute Gasteiger partial charge is 0.320 e. The number of urea groups is 1. The van der Waals surface area contributed by atoms with Crippen molar-refractivity contribution in [3.05, 3.63) is 112 Å². The Morgan fingerprint density at radius 3 is 2.46 bits per heavy atom. The number of benzene rings is 4. The van der Waals surface area contributed by atoms with Crippen LogP contribution in [0.2, 0.25) is 10.0 Å². The van der Waals surface area contributed by atoms with E-state index in [1.807, 2.05) is 70.5 Å². The molecule has 1 spiro atoms. The fourth-order valence-electron chi connectivity index (χ4n) is 7.20. The van der Waals surface area contributed by atoms with Gasteiger partial charge in [0.15, 0.2) is 0 Å². The van der Waals surface area contributed by atoms with Gasteiger partial charge in [-0.1, -0.05) is 83.9 Å². The van der Waals surface area contributed by atoms with E-state index in [2.05, 4.69) is 29.6 Å². The number of hydrogen-bond donors (Lipinski definition) is 1. The van der Waals surface area contributed by atoms with Gasteiger partial charge < -0.3 is 19.9 Å². The number of piperidine rings is 1. The molecule has 3 aliphatic rings. The number of halogens is 2. The monoisotopic (exact) mass is 585 g/mol. The molecule has 3 heterocycles. The van der Waals surface area contributed by atoms with Gasteiger partial charge in [-0.2, -0.15) is 0 Å². The molecule has 208 valence electrons. The van der Waals surface area contributed by atoms with Crippen molar-refractivity contribution in [1.82, 2.24) is 9.80 Å². The molecule has 3 amide bonds. The van der Waals surface area contributed by atoms with E-state index in [1.165, 1.54) is 0 Å². The highest BCUT2D eigenvalue weighted by molar-refractivity contribution is 6.31. The summed E-state index contributed by atoms with van der Waals surface area (Å²) < 4.78 is 5.56. The molecular weight excluding hydrogens is 557 g/mol. The molecule has 8 heteroatoms. The van der Waals surface area contributed by atoms with Crippen LogP contribution in [-0.2, 0) is 14.9 Å². The standard InChI is InChI=1S/C33H29Cl2N3O3/c34-23-8-3-7-22(19-23)27-13-14-38(32(40)37-15-17-41-18-16-37)30(26-10-4-6-21-5-1-2-9-25(21)26)33(27)28-12-11-24(35)20-29(28)36-31(33)39/h1-12,19-20,27,30H,13-18H2,(H,36,39). The molecule has 3 aliphatic heterocycles. The predicted molar refractivity (Wildman–Crippen MR) is 162 cm³/mol. The SMILES string of the molecule is O=C(N1CCOCC1)N1CCC(c2cccc(Cl)c2)C2(C(=O)Nc3cc(Cl)ccc32)C1c1cccc2ccccc12. The zero-order valence-corrected chi connectivity index (χ0v) is 23.9. The summed E-state index contributed by atoms with van der Waals surface area (Å²) in [6.07, 6.45) is 0.590. The number of carbonyl (C=O) groups is 2. The fourth-order valence-corrected chi connectivity index (χ4v) is 7.58. The lowest BCUT2D eigenvalue weighted by Crippen LogP contribution is -2.60. The Hall–Kier alpha value is -3.58. The van der Waals surface area contributed by atoms with Crippen molar-refractivity contribution in [2.75, 3.05) is 38.2 Å². The Labute approximate surface area is 248 Å². The number of nitrogens with zero attached hydrogens (tertiary/aromatic N) is 2. The van der Waals surface area contributed by atoms with Gasteiger partial charge in [-0.05, 0) is 58.1 Å². The van der Waals surface area contributed by atoms with E-state index in [0.717, 1.165) is 27.5 Å². The number of likely N-dealkylation sites (tertiary alicyclic amines) is 1. The van der Waals surface area contributed by atoms with Crippen molar-refractivity contribution in [2.24, 2.45) is 0 Å². The number of carbonyl (C=O) groups excluding carboxylic acids is 2. The molecule has 0 bridgehead atoms. The van der Waals surface area contributed by atoms with E-state index in [-0.39, 0.29) is 17.9 Å². The molecule has 0 radical (unpaired) electrons. The second-order valence-corrected chi connectivity index (χ2v) is 11.8. The summed E-state index contributed by atoms with van der Waals surface area (Å²) in [6, 6.07) is 27.0. The highest BCUT2D eigenvalue weighted by atomic mass is 35.5. The minimum atomic E-state index is -1.13. The van der Waals surface area contributed by atoms with Gasteiger partial charge in [0.1, 0.15) is 5.41 Å². The quantitative estimate of drug-likeness (QED) is 0.275. The molecule has 2 fully saturated rings. The minimum absolute atomic E-state index is 0.0784. The summed E-state index contributed by atoms with van der Waals surface area (Å²) in [6.45, 7) is 2.51. The van der Waals surface area contributed by atoms with Gasteiger partial charge >= 0.3 is 6.03 Å². The molecule has 1 N–H and O–H groups in total. The number of fused-ring (bicyclic) bond motifs is 3. The van der Waals surface area contributed by atoms with E-state index in [0.29, 0.717) is 55.0 Å². The summed E-state index contributed by atoms with van der Waals surface area (Å²) in [7, 11) is 0. The van der Waals surface area contributed by atoms with E-state index in [1.54, 1.807) is 0 Å². The third kappa shape index (κ3) is 4.19. The van der Waals surface area contributed by atoms with Crippen molar-refractivity contribution in [1.29, 1.82) is 0 Å². The van der Waals surface area contributed by atoms with Crippen LogP contribution in [0.25, 0.3) is 10.8 Å². The highest BCUT2D eigenvalue weighted by Crippen LogP contribution is 2.60. The third-order valence-electron chi connectivity index (χ3n) is 8.90. The first-order valence-corrected chi connectivity index (χ1v) is 14.7. The van der Waals surface area contributed by atoms with Crippen LogP contribution in [0.15, 0.2) is 84.9 Å². The Morgan fingerprint density at radius 1 is 0.878 bits per heavy atom. The van der Waals surface area contributed by atoms with Crippen LogP contribution >= 0.6 is 23.2 Å². The molecule has 4 aromatic rings. The molecule has 7 rings (SSSR count). The zero-order valence-electron chi connectivity index (χ0n) is 22.4. The molecule has 3 unspecified atom stereocenters. The molecular formula is C33H29Cl2N3O3. The topological polar surface area (TPSA) is 61.9 Å². The van der Waals surface area contributed by atoms with Crippen LogP contribution in [0.4, 0.5) is 10.5 Å². The molecule has 41 heavy (non-hydrogen) atoms. The largest absolute Gasteiger partial charge is 0.378 e. The lowest BCUT2D eigenvalue weighted by Gasteiger charge is -2.53. The number of rotatable bonds is 2. The normalized spacial score (nSPS) is 24.0. The fraction of sp³-hybridized carbons (Fsp3) is 0.273. The van der Waals surface area contributed by atoms with Gasteiger partial charge in [0.2, 0.25) is 5.91 Å². The van der Waals surface area contributed by atoms with Gasteiger partial charge in [-0.25, -0.2) is 4.79 Å². The van der Waals surface area contributed by atoms with Crippen molar-refractivity contribution in [2.45, 2.75) is 23.8 Å². The second-order valence-electron chi connectivity index (χ2n) is 11.0. The molecule has 3 atom stereocenters. The first-order chi connectivity index (χ1) is 20.0. The van der Waals surface area contributed by atoms with Crippen LogP contribution < -0.4 is 5.32 Å². The maximum absolute atomic E-state index is 14.7. The van der Waals surface area contributed by atoms with Gasteiger partial charge in [-0.15, -0.1) is 0 Å². The summed E-state index contributed by atoms with van der Waals surface area (Å²) in [5.74, 6) is -0.390. The summed E-state index contributed by atoms with van der Waals surface area (Å²) in [5.41, 5.74) is 2.30. The average molecular weight is 587 g/mol. The van der Waals surface area contributed by atoms with Crippen LogP contribution in [0.1, 0.15) is 35.1 Å². The van der Waals surface area contributed by atoms with Gasteiger partial charge in [-0.3, -0.25) is 4.79 Å². The lowest BCUT2D eigenvalue weighted by molar-refractivity contribution is -0.126. The summed E-state index contributed by atoms with van der Waals surface area (Å²) in [4.78, 5) is 32.9. The van der Waals surface area contributed by atoms with Gasteiger partial charge in [0.25, 0.3) is 0 Å². The average Bonchev–Trinajstić information content (AvgIpc) is 3.27. The molecule has 0 saturated carbocycles. The first-order valence-electron chi connectivity index (χ1n) is 14.0. The number of ether oxygens (including phenoxy) is 1. The van der Waals surface area contributed by atoms with Crippen molar-refractivity contribution >= 4 is 51.6 Å². The first kappa shape index (κ1) is 26.3. The molecule has 0 aliphatic carbocycles. The predicted octanol–water partition coefficient (Wildman–Crippen LogP) is 7.02. The van der Waals surface area contributed by atoms with E-state index in [9.17, 15) is 9.59 Å². The van der Waals surface area contributed by atoms with Crippen molar-refractivity contribution < 1.29 is 14.3 Å². The zero-order chi connectivity index (χ0) is 28.1. The van der Waals surface area contributed by atoms with Crippen LogP contribution in [0.3, 0.4) is 0 Å². The third-order valence-corrected chi connectivity index (χ3v) is 9.37. The Kier molecular flexibility index (Phi) is 6.65. The highest BCUT2D eigenvalue weighted by Gasteiger charge is 2.63. The molecule has 6 nitrogen and oxygen atoms in total. The number of anilines is 1. The number of hydrogen-bond acceptors (Lipinski definition) is 3. The molecule has 2 saturated heterocycles. The number of nitrogens with one attached hydrogen (secondary N) is 1. The van der Waals surface area contributed by atoms with Crippen LogP contribution in [0.5, 0.6) is 0 Å². The number of morpholine rings is 1. The van der Waals surface area contributed by atoms with Crippen LogP contribution in [-0.4, -0.2) is 54.6 Å². The van der Waals surface area contributed by atoms with Crippen molar-refractivity contribution in [3.8, 4) is 0 Å². The van der Waals surface area contributed by atoms with E-state index < -0.39 is 11.5 Å². The molecule has 4 aromatic carbocycles. The lowest BCUT2D eigenvalue weighted by atomic mass is 9.58. The second kappa shape index (κ2) is 10.4. The van der Waals surface area contributed by atoms with Gasteiger partial charge in [0, 0.05) is 41.3 Å². The Bertz CT molecular complexity index is 1670. The maximum atomic E-state index is 14.7. The van der Waals surface area contributed by atoms with Crippen LogP contribution in [0, 0.1) is 0 Å². The van der Waals surface area contributed by atoms with E-state index >= 15 is 0 Å². The maximum Gasteiger partial charge on any atom is 0.320 e. The van der Waals surface area contributed by atoms with Crippen molar-refractivity contribution in [3.63, 3.8) is 0 Å². The minimum Gasteiger partial charge on any atom is -0.378 e. The number of amides is 3.